The van der Waals surface area contributed by atoms with E-state index in [-0.39, 0.29) is 5.69 Å². The molecule has 0 amide bonds. The molecule has 1 aromatic rings. The van der Waals surface area contributed by atoms with Crippen molar-refractivity contribution >= 4 is 33.9 Å². The molecule has 0 unspecified atom stereocenters. The summed E-state index contributed by atoms with van der Waals surface area (Å²) >= 11 is -2.88. The van der Waals surface area contributed by atoms with E-state index in [2.05, 4.69) is 25.8 Å². The maximum absolute atomic E-state index is 12.6. The molecule has 5 nitrogen and oxygen atoms in total. The normalized spacial score (nSPS) is 11.3. The Hall–Kier alpha value is -1.11. The van der Waals surface area contributed by atoms with Gasteiger partial charge in [0.1, 0.15) is 0 Å². The van der Waals surface area contributed by atoms with E-state index in [1.807, 2.05) is 6.07 Å². The quantitative estimate of drug-likeness (QED) is 0.318. The SMILES string of the molecule is CCC[CH2][Sn]([CH2]CCC)([CH2]CCC)[c]1ccc(C(=O)OC)nc1C(=O)OC. The van der Waals surface area contributed by atoms with Gasteiger partial charge >= 0.3 is 168 Å². The number of carbonyl (C=O) groups is 2. The van der Waals surface area contributed by atoms with Crippen LogP contribution in [-0.4, -0.2) is 49.5 Å². The summed E-state index contributed by atoms with van der Waals surface area (Å²) in [5.74, 6) is -0.968. The first-order valence-electron chi connectivity index (χ1n) is 10.2. The molecular weight excluding hydrogens is 449 g/mol. The number of pyridine rings is 1. The van der Waals surface area contributed by atoms with Gasteiger partial charge in [-0.2, -0.15) is 0 Å². The van der Waals surface area contributed by atoms with Crippen molar-refractivity contribution in [1.29, 1.82) is 0 Å². The summed E-state index contributed by atoms with van der Waals surface area (Å²) in [6.45, 7) is 6.66. The number of hydrogen-bond donors (Lipinski definition) is 0. The Labute approximate surface area is 168 Å². The number of unbranched alkanes of at least 4 members (excludes halogenated alkanes) is 3. The average Bonchev–Trinajstić information content (AvgIpc) is 2.72. The molecule has 0 saturated heterocycles. The second-order valence-electron chi connectivity index (χ2n) is 7.17. The number of rotatable bonds is 12. The second kappa shape index (κ2) is 12.4. The van der Waals surface area contributed by atoms with Gasteiger partial charge in [0.25, 0.3) is 0 Å². The van der Waals surface area contributed by atoms with Crippen LogP contribution in [0.15, 0.2) is 12.1 Å². The predicted molar refractivity (Wildman–Crippen MR) is 111 cm³/mol. The fourth-order valence-electron chi connectivity index (χ4n) is 3.68. The van der Waals surface area contributed by atoms with Gasteiger partial charge in [-0.1, -0.05) is 0 Å². The molecule has 0 aromatic carbocycles. The van der Waals surface area contributed by atoms with Gasteiger partial charge in [0.15, 0.2) is 0 Å². The number of methoxy groups -OCH3 is 2. The van der Waals surface area contributed by atoms with Gasteiger partial charge < -0.3 is 0 Å². The van der Waals surface area contributed by atoms with E-state index in [0.717, 1.165) is 22.8 Å². The molecule has 0 spiro atoms. The Bertz CT molecular complexity index is 596. The Kier molecular flexibility index (Phi) is 11.0. The molecule has 0 atom stereocenters. The molecule has 1 heterocycles. The Morgan fingerprint density at radius 1 is 0.852 bits per heavy atom. The van der Waals surface area contributed by atoms with Gasteiger partial charge in [0.2, 0.25) is 0 Å². The average molecular weight is 484 g/mol. The van der Waals surface area contributed by atoms with Crippen LogP contribution in [0.4, 0.5) is 0 Å². The number of aromatic nitrogens is 1. The summed E-state index contributed by atoms with van der Waals surface area (Å²) in [5, 5.41) is 0. The molecule has 0 aliphatic carbocycles. The molecule has 0 N–H and O–H groups in total. The van der Waals surface area contributed by atoms with Crippen LogP contribution in [-0.2, 0) is 9.47 Å². The standard InChI is InChI=1S/C9H8NO4.3C4H9.Sn/c1-13-8(11)6-4-3-5-7(10-6)9(12)14-2;3*1-3-4-2;/h3-4H,1-2H3;3*1,3-4H2,2H3;. The molecule has 0 fully saturated rings. The van der Waals surface area contributed by atoms with Crippen LogP contribution >= 0.6 is 0 Å². The van der Waals surface area contributed by atoms with Crippen molar-refractivity contribution in [3.8, 4) is 0 Å². The Morgan fingerprint density at radius 2 is 1.33 bits per heavy atom. The summed E-state index contributed by atoms with van der Waals surface area (Å²) in [4.78, 5) is 28.9. The first-order chi connectivity index (χ1) is 13.0. The Balaban J connectivity index is 3.55. The topological polar surface area (TPSA) is 65.5 Å². The van der Waals surface area contributed by atoms with Gasteiger partial charge in [-0.3, -0.25) is 0 Å². The molecule has 0 bridgehead atoms. The molecule has 0 saturated carbocycles. The van der Waals surface area contributed by atoms with Crippen LogP contribution in [0.2, 0.25) is 13.3 Å². The van der Waals surface area contributed by atoms with Crippen molar-refractivity contribution in [2.24, 2.45) is 0 Å². The zero-order valence-corrected chi connectivity index (χ0v) is 20.5. The van der Waals surface area contributed by atoms with Crippen molar-refractivity contribution in [3.05, 3.63) is 23.5 Å². The number of ether oxygens (including phenoxy) is 2. The summed E-state index contributed by atoms with van der Waals surface area (Å²) in [6, 6.07) is 3.71. The van der Waals surface area contributed by atoms with Crippen LogP contribution < -0.4 is 3.58 Å². The van der Waals surface area contributed by atoms with Crippen LogP contribution in [0.1, 0.15) is 80.3 Å². The van der Waals surface area contributed by atoms with Crippen molar-refractivity contribution in [2.45, 2.75) is 72.6 Å². The first kappa shape index (κ1) is 23.9. The molecule has 6 heteroatoms. The summed E-state index contributed by atoms with van der Waals surface area (Å²) < 4.78 is 14.6. The van der Waals surface area contributed by atoms with Crippen molar-refractivity contribution in [1.82, 2.24) is 4.98 Å². The van der Waals surface area contributed by atoms with E-state index in [1.165, 1.54) is 46.8 Å². The summed E-state index contributed by atoms with van der Waals surface area (Å²) in [5.41, 5.74) is 0.517. The number of hydrogen-bond acceptors (Lipinski definition) is 5. The summed E-state index contributed by atoms with van der Waals surface area (Å²) in [7, 11) is 2.70. The minimum atomic E-state index is -2.88. The molecule has 1 aromatic heterocycles. The number of nitrogens with zero attached hydrogens (tertiary/aromatic N) is 1. The van der Waals surface area contributed by atoms with E-state index in [0.29, 0.717) is 5.69 Å². The van der Waals surface area contributed by atoms with Crippen LogP contribution in [0.25, 0.3) is 0 Å². The van der Waals surface area contributed by atoms with E-state index in [4.69, 9.17) is 9.47 Å². The van der Waals surface area contributed by atoms with E-state index in [9.17, 15) is 9.59 Å². The van der Waals surface area contributed by atoms with E-state index in [1.54, 1.807) is 6.07 Å². The number of esters is 2. The van der Waals surface area contributed by atoms with Gasteiger partial charge in [0, 0.05) is 0 Å². The van der Waals surface area contributed by atoms with Crippen molar-refractivity contribution < 1.29 is 19.1 Å². The zero-order chi connectivity index (χ0) is 20.3. The van der Waals surface area contributed by atoms with E-state index < -0.39 is 30.3 Å². The van der Waals surface area contributed by atoms with E-state index >= 15 is 0 Å². The third-order valence-corrected chi connectivity index (χ3v) is 20.9. The second-order valence-corrected chi connectivity index (χ2v) is 20.3. The fourth-order valence-corrected chi connectivity index (χ4v) is 20.1. The molecular formula is C21H35NO4Sn. The maximum atomic E-state index is 12.6. The molecule has 0 aliphatic rings. The third kappa shape index (κ3) is 6.47. The van der Waals surface area contributed by atoms with Crippen molar-refractivity contribution in [2.75, 3.05) is 14.2 Å². The van der Waals surface area contributed by atoms with Crippen LogP contribution in [0.5, 0.6) is 0 Å². The van der Waals surface area contributed by atoms with Gasteiger partial charge in [-0.05, 0) is 0 Å². The minimum absolute atomic E-state index is 0.170. The molecule has 1 rings (SSSR count). The predicted octanol–water partition coefficient (Wildman–Crippen LogP) is 4.71. The molecule has 0 aliphatic heterocycles. The molecule has 152 valence electrons. The van der Waals surface area contributed by atoms with Gasteiger partial charge in [0.05, 0.1) is 0 Å². The van der Waals surface area contributed by atoms with Crippen LogP contribution in [0, 0.1) is 0 Å². The molecule has 0 radical (unpaired) electrons. The Morgan fingerprint density at radius 3 is 1.74 bits per heavy atom. The first-order valence-corrected chi connectivity index (χ1v) is 17.7. The van der Waals surface area contributed by atoms with Crippen molar-refractivity contribution in [3.63, 3.8) is 0 Å². The monoisotopic (exact) mass is 485 g/mol. The zero-order valence-electron chi connectivity index (χ0n) is 17.6. The van der Waals surface area contributed by atoms with Gasteiger partial charge in [-0.25, -0.2) is 0 Å². The third-order valence-electron chi connectivity index (χ3n) is 5.27. The van der Waals surface area contributed by atoms with Crippen LogP contribution in [0.3, 0.4) is 0 Å². The molecule has 27 heavy (non-hydrogen) atoms. The number of carbonyl (C=O) groups excluding carboxylic acids is 2. The summed E-state index contributed by atoms with van der Waals surface area (Å²) in [6.07, 6.45) is 7.00. The fraction of sp³-hybridized carbons (Fsp3) is 0.667. The van der Waals surface area contributed by atoms with Gasteiger partial charge in [-0.15, -0.1) is 0 Å².